The molecule has 0 radical (unpaired) electrons. The third kappa shape index (κ3) is 1.96. The summed E-state index contributed by atoms with van der Waals surface area (Å²) in [5.41, 5.74) is 0. The van der Waals surface area contributed by atoms with Gasteiger partial charge in [-0.05, 0) is 18.3 Å². The molecule has 10 heavy (non-hydrogen) atoms. The van der Waals surface area contributed by atoms with Crippen molar-refractivity contribution in [2.45, 2.75) is 26.4 Å². The molecule has 0 aromatic rings. The molecular weight excluding hydrogens is 126 g/mol. The lowest BCUT2D eigenvalue weighted by molar-refractivity contribution is 0.135. The molecule has 1 fully saturated rings. The average Bonchev–Trinajstić information content (AvgIpc) is 2.15. The highest BCUT2D eigenvalue weighted by molar-refractivity contribution is 4.80. The maximum Gasteiger partial charge on any atom is 0.0704 e. The lowest BCUT2D eigenvalue weighted by Gasteiger charge is -2.14. The van der Waals surface area contributed by atoms with Gasteiger partial charge in [-0.3, -0.25) is 0 Å². The van der Waals surface area contributed by atoms with E-state index in [4.69, 9.17) is 0 Å². The first kappa shape index (κ1) is 8.02. The third-order valence-electron chi connectivity index (χ3n) is 2.08. The first-order valence-corrected chi connectivity index (χ1v) is 4.09. The fourth-order valence-electron chi connectivity index (χ4n) is 1.57. The molecule has 1 rings (SSSR count). The van der Waals surface area contributed by atoms with E-state index < -0.39 is 0 Å². The van der Waals surface area contributed by atoms with E-state index in [0.29, 0.717) is 11.8 Å². The molecule has 2 heteroatoms. The molecule has 0 amide bonds. The standard InChI is InChI=1S/C8H17NO/c1-6(2)3-7-4-9-5-8(7)10/h6-10H,3-5H2,1-2H3/t7-,8-/m1/s1. The Morgan fingerprint density at radius 3 is 2.60 bits per heavy atom. The van der Waals surface area contributed by atoms with Crippen LogP contribution >= 0.6 is 0 Å². The fraction of sp³-hybridized carbons (Fsp3) is 1.00. The van der Waals surface area contributed by atoms with Crippen LogP contribution in [-0.4, -0.2) is 24.3 Å². The van der Waals surface area contributed by atoms with Crippen molar-refractivity contribution in [3.8, 4) is 0 Å². The first-order valence-electron chi connectivity index (χ1n) is 4.09. The molecule has 60 valence electrons. The molecule has 0 unspecified atom stereocenters. The average molecular weight is 143 g/mol. The van der Waals surface area contributed by atoms with Gasteiger partial charge in [0.15, 0.2) is 0 Å². The van der Waals surface area contributed by atoms with E-state index in [0.717, 1.165) is 19.5 Å². The van der Waals surface area contributed by atoms with Gasteiger partial charge in [0.1, 0.15) is 0 Å². The predicted octanol–water partition coefficient (Wildman–Crippen LogP) is 0.613. The van der Waals surface area contributed by atoms with E-state index in [9.17, 15) is 5.11 Å². The smallest absolute Gasteiger partial charge is 0.0704 e. The number of hydrogen-bond acceptors (Lipinski definition) is 2. The number of rotatable bonds is 2. The van der Waals surface area contributed by atoms with Crippen molar-refractivity contribution in [2.75, 3.05) is 13.1 Å². The van der Waals surface area contributed by atoms with E-state index in [2.05, 4.69) is 19.2 Å². The van der Waals surface area contributed by atoms with Crippen molar-refractivity contribution in [3.05, 3.63) is 0 Å². The number of aliphatic hydroxyl groups is 1. The highest BCUT2D eigenvalue weighted by Gasteiger charge is 2.24. The van der Waals surface area contributed by atoms with E-state index in [1.165, 1.54) is 0 Å². The SMILES string of the molecule is CC(C)C[C@@H]1CNC[C@H]1O. The number of hydrogen-bond donors (Lipinski definition) is 2. The van der Waals surface area contributed by atoms with Gasteiger partial charge in [-0.15, -0.1) is 0 Å². The van der Waals surface area contributed by atoms with Crippen LogP contribution in [0.4, 0.5) is 0 Å². The molecule has 0 aromatic heterocycles. The van der Waals surface area contributed by atoms with E-state index in [1.807, 2.05) is 0 Å². The van der Waals surface area contributed by atoms with E-state index in [1.54, 1.807) is 0 Å². The molecular formula is C8H17NO. The van der Waals surface area contributed by atoms with Gasteiger partial charge in [-0.2, -0.15) is 0 Å². The van der Waals surface area contributed by atoms with Crippen LogP contribution in [0.25, 0.3) is 0 Å². The van der Waals surface area contributed by atoms with Crippen LogP contribution in [0.2, 0.25) is 0 Å². The molecule has 2 N–H and O–H groups in total. The zero-order valence-electron chi connectivity index (χ0n) is 6.80. The molecule has 1 saturated heterocycles. The van der Waals surface area contributed by atoms with Gasteiger partial charge in [0.25, 0.3) is 0 Å². The van der Waals surface area contributed by atoms with Crippen molar-refractivity contribution in [3.63, 3.8) is 0 Å². The summed E-state index contributed by atoms with van der Waals surface area (Å²) in [6, 6.07) is 0. The van der Waals surface area contributed by atoms with Gasteiger partial charge in [-0.25, -0.2) is 0 Å². The Morgan fingerprint density at radius 1 is 1.50 bits per heavy atom. The summed E-state index contributed by atoms with van der Waals surface area (Å²) in [6.07, 6.45) is 1.05. The molecule has 0 spiro atoms. The predicted molar refractivity (Wildman–Crippen MR) is 41.8 cm³/mol. The Morgan fingerprint density at radius 2 is 2.20 bits per heavy atom. The summed E-state index contributed by atoms with van der Waals surface area (Å²) in [6.45, 7) is 6.19. The minimum Gasteiger partial charge on any atom is -0.391 e. The number of β-amino-alcohol motifs (C(OH)–C–C–N with tert-alkyl or cyclic N) is 1. The first-order chi connectivity index (χ1) is 4.70. The Labute approximate surface area is 62.6 Å². The normalized spacial score (nSPS) is 33.6. The maximum atomic E-state index is 9.38. The Balaban J connectivity index is 2.26. The van der Waals surface area contributed by atoms with Crippen LogP contribution in [-0.2, 0) is 0 Å². The maximum absolute atomic E-state index is 9.38. The van der Waals surface area contributed by atoms with Crippen molar-refractivity contribution >= 4 is 0 Å². The Kier molecular flexibility index (Phi) is 2.69. The van der Waals surface area contributed by atoms with Crippen LogP contribution in [0, 0.1) is 11.8 Å². The summed E-state index contributed by atoms with van der Waals surface area (Å²) in [5.74, 6) is 1.21. The van der Waals surface area contributed by atoms with Crippen LogP contribution in [0.5, 0.6) is 0 Å². The number of nitrogens with one attached hydrogen (secondary N) is 1. The lowest BCUT2D eigenvalue weighted by atomic mass is 9.95. The molecule has 0 aromatic carbocycles. The summed E-state index contributed by atoms with van der Waals surface area (Å²) in [4.78, 5) is 0. The molecule has 1 aliphatic heterocycles. The molecule has 0 aliphatic carbocycles. The number of aliphatic hydroxyl groups excluding tert-OH is 1. The monoisotopic (exact) mass is 143 g/mol. The molecule has 2 nitrogen and oxygen atoms in total. The van der Waals surface area contributed by atoms with E-state index in [-0.39, 0.29) is 6.10 Å². The Bertz CT molecular complexity index is 103. The van der Waals surface area contributed by atoms with Crippen LogP contribution < -0.4 is 5.32 Å². The molecule has 1 aliphatic rings. The van der Waals surface area contributed by atoms with Gasteiger partial charge < -0.3 is 10.4 Å². The second-order valence-corrected chi connectivity index (χ2v) is 3.62. The van der Waals surface area contributed by atoms with Gasteiger partial charge in [0.2, 0.25) is 0 Å². The second-order valence-electron chi connectivity index (χ2n) is 3.62. The summed E-state index contributed by atoms with van der Waals surface area (Å²) < 4.78 is 0. The molecule has 0 saturated carbocycles. The van der Waals surface area contributed by atoms with Crippen LogP contribution in [0.3, 0.4) is 0 Å². The van der Waals surface area contributed by atoms with Crippen molar-refractivity contribution in [2.24, 2.45) is 11.8 Å². The van der Waals surface area contributed by atoms with Gasteiger partial charge in [-0.1, -0.05) is 13.8 Å². The minimum absolute atomic E-state index is 0.0950. The quantitative estimate of drug-likeness (QED) is 0.593. The third-order valence-corrected chi connectivity index (χ3v) is 2.08. The Hall–Kier alpha value is -0.0800. The van der Waals surface area contributed by atoms with E-state index >= 15 is 0 Å². The lowest BCUT2D eigenvalue weighted by Crippen LogP contribution is -2.19. The van der Waals surface area contributed by atoms with Crippen molar-refractivity contribution < 1.29 is 5.11 Å². The molecule has 1 heterocycles. The van der Waals surface area contributed by atoms with Gasteiger partial charge in [0, 0.05) is 13.1 Å². The zero-order chi connectivity index (χ0) is 7.56. The van der Waals surface area contributed by atoms with Crippen LogP contribution in [0.15, 0.2) is 0 Å². The summed E-state index contributed by atoms with van der Waals surface area (Å²) in [7, 11) is 0. The van der Waals surface area contributed by atoms with Crippen molar-refractivity contribution in [1.29, 1.82) is 0 Å². The molecule has 2 atom stereocenters. The van der Waals surface area contributed by atoms with Crippen LogP contribution in [0.1, 0.15) is 20.3 Å². The highest BCUT2D eigenvalue weighted by atomic mass is 16.3. The zero-order valence-corrected chi connectivity index (χ0v) is 6.80. The topological polar surface area (TPSA) is 32.3 Å². The van der Waals surface area contributed by atoms with Gasteiger partial charge in [0.05, 0.1) is 6.10 Å². The highest BCUT2D eigenvalue weighted by Crippen LogP contribution is 2.17. The summed E-state index contributed by atoms with van der Waals surface area (Å²) in [5, 5.41) is 12.6. The van der Waals surface area contributed by atoms with Gasteiger partial charge >= 0.3 is 0 Å². The fourth-order valence-corrected chi connectivity index (χ4v) is 1.57. The second kappa shape index (κ2) is 3.35. The largest absolute Gasteiger partial charge is 0.391 e. The molecule has 0 bridgehead atoms. The minimum atomic E-state index is -0.0950. The van der Waals surface area contributed by atoms with Crippen molar-refractivity contribution in [1.82, 2.24) is 5.32 Å². The summed E-state index contributed by atoms with van der Waals surface area (Å²) >= 11 is 0.